The third-order valence-corrected chi connectivity index (χ3v) is 5.10. The molecule has 0 aromatic rings. The Morgan fingerprint density at radius 2 is 1.94 bits per heavy atom. The molecule has 0 radical (unpaired) electrons. The molecule has 1 amide bonds. The van der Waals surface area contributed by atoms with Crippen LogP contribution in [0.25, 0.3) is 0 Å². The van der Waals surface area contributed by atoms with Crippen molar-refractivity contribution in [1.29, 1.82) is 0 Å². The smallest absolute Gasteiger partial charge is 0.221 e. The lowest BCUT2D eigenvalue weighted by Gasteiger charge is -2.31. The molecule has 4 heteroatoms. The lowest BCUT2D eigenvalue weighted by Crippen LogP contribution is -2.42. The average molecular weight is 256 g/mol. The van der Waals surface area contributed by atoms with Crippen molar-refractivity contribution in [2.24, 2.45) is 0 Å². The fraction of sp³-hybridized carbons (Fsp3) is 0.923. The molecule has 0 bridgehead atoms. The van der Waals surface area contributed by atoms with Gasteiger partial charge in [0.25, 0.3) is 0 Å². The van der Waals surface area contributed by atoms with Crippen LogP contribution in [-0.4, -0.2) is 36.0 Å². The Balaban J connectivity index is 1.74. The van der Waals surface area contributed by atoms with E-state index in [0.717, 1.165) is 24.6 Å². The molecular weight excluding hydrogens is 232 g/mol. The van der Waals surface area contributed by atoms with Gasteiger partial charge in [-0.15, -0.1) is 0 Å². The summed E-state index contributed by atoms with van der Waals surface area (Å²) in [5.41, 5.74) is 0. The standard InChI is InChI=1S/C13H24N2OS/c1-17-12-6-4-10(5-7-12)15-11-3-2-8-14-13(16)9-11/h10-12,15H,2-9H2,1H3,(H,14,16). The fourth-order valence-electron chi connectivity index (χ4n) is 2.92. The van der Waals surface area contributed by atoms with Crippen molar-refractivity contribution in [3.8, 4) is 0 Å². The Labute approximate surface area is 108 Å². The van der Waals surface area contributed by atoms with Crippen LogP contribution in [0.5, 0.6) is 0 Å². The second kappa shape index (κ2) is 6.64. The fourth-order valence-corrected chi connectivity index (χ4v) is 3.66. The minimum atomic E-state index is 0.220. The van der Waals surface area contributed by atoms with E-state index >= 15 is 0 Å². The summed E-state index contributed by atoms with van der Waals surface area (Å²) < 4.78 is 0. The van der Waals surface area contributed by atoms with Crippen LogP contribution in [0.4, 0.5) is 0 Å². The summed E-state index contributed by atoms with van der Waals surface area (Å²) in [6.07, 6.45) is 10.4. The molecule has 1 atom stereocenters. The first-order chi connectivity index (χ1) is 8.28. The second-order valence-electron chi connectivity index (χ2n) is 5.27. The molecule has 1 heterocycles. The molecule has 2 rings (SSSR count). The lowest BCUT2D eigenvalue weighted by molar-refractivity contribution is -0.121. The molecule has 0 aromatic heterocycles. The topological polar surface area (TPSA) is 41.1 Å². The molecule has 1 aliphatic heterocycles. The largest absolute Gasteiger partial charge is 0.356 e. The zero-order chi connectivity index (χ0) is 12.1. The first-order valence-corrected chi connectivity index (χ1v) is 8.12. The SMILES string of the molecule is CSC1CCC(NC2CCCNC(=O)C2)CC1. The van der Waals surface area contributed by atoms with Crippen LogP contribution < -0.4 is 10.6 Å². The molecule has 1 aliphatic carbocycles. The molecule has 0 spiro atoms. The van der Waals surface area contributed by atoms with Crippen LogP contribution in [-0.2, 0) is 4.79 Å². The number of carbonyl (C=O) groups is 1. The van der Waals surface area contributed by atoms with Crippen molar-refractivity contribution in [3.05, 3.63) is 0 Å². The number of hydrogen-bond acceptors (Lipinski definition) is 3. The first-order valence-electron chi connectivity index (χ1n) is 6.83. The molecule has 0 aromatic carbocycles. The average Bonchev–Trinajstić information content (AvgIpc) is 2.55. The maximum Gasteiger partial charge on any atom is 0.221 e. The molecule has 2 aliphatic rings. The minimum absolute atomic E-state index is 0.220. The molecule has 2 N–H and O–H groups in total. The number of hydrogen-bond donors (Lipinski definition) is 2. The van der Waals surface area contributed by atoms with Gasteiger partial charge in [0, 0.05) is 30.3 Å². The van der Waals surface area contributed by atoms with Gasteiger partial charge < -0.3 is 10.6 Å². The predicted molar refractivity (Wildman–Crippen MR) is 73.3 cm³/mol. The van der Waals surface area contributed by atoms with Gasteiger partial charge >= 0.3 is 0 Å². The van der Waals surface area contributed by atoms with Crippen LogP contribution in [0.2, 0.25) is 0 Å². The van der Waals surface area contributed by atoms with Gasteiger partial charge in [0.1, 0.15) is 0 Å². The highest BCUT2D eigenvalue weighted by Gasteiger charge is 2.24. The maximum absolute atomic E-state index is 11.5. The zero-order valence-corrected chi connectivity index (χ0v) is 11.5. The molecule has 1 saturated carbocycles. The van der Waals surface area contributed by atoms with Crippen molar-refractivity contribution in [3.63, 3.8) is 0 Å². The normalized spacial score (nSPS) is 35.1. The Kier molecular flexibility index (Phi) is 5.16. The maximum atomic E-state index is 11.5. The summed E-state index contributed by atoms with van der Waals surface area (Å²) in [5.74, 6) is 0.220. The Hall–Kier alpha value is -0.220. The third kappa shape index (κ3) is 4.18. The zero-order valence-electron chi connectivity index (χ0n) is 10.7. The van der Waals surface area contributed by atoms with E-state index in [2.05, 4.69) is 16.9 Å². The van der Waals surface area contributed by atoms with E-state index in [9.17, 15) is 4.79 Å². The third-order valence-electron chi connectivity index (χ3n) is 3.96. The molecule has 3 nitrogen and oxygen atoms in total. The Bertz CT molecular complexity index is 252. The van der Waals surface area contributed by atoms with Gasteiger partial charge in [0.2, 0.25) is 5.91 Å². The van der Waals surface area contributed by atoms with Gasteiger partial charge in [0.15, 0.2) is 0 Å². The van der Waals surface area contributed by atoms with Gasteiger partial charge in [0.05, 0.1) is 0 Å². The van der Waals surface area contributed by atoms with Crippen LogP contribution in [0, 0.1) is 0 Å². The van der Waals surface area contributed by atoms with Gasteiger partial charge in [-0.2, -0.15) is 11.8 Å². The molecular formula is C13H24N2OS. The van der Waals surface area contributed by atoms with Gasteiger partial charge in [-0.1, -0.05) is 0 Å². The molecule has 2 fully saturated rings. The second-order valence-corrected chi connectivity index (χ2v) is 6.41. The van der Waals surface area contributed by atoms with E-state index in [1.54, 1.807) is 0 Å². The number of thioether (sulfide) groups is 1. The van der Waals surface area contributed by atoms with Crippen molar-refractivity contribution in [1.82, 2.24) is 10.6 Å². The van der Waals surface area contributed by atoms with Crippen LogP contribution in [0.15, 0.2) is 0 Å². The first kappa shape index (κ1) is 13.2. The number of amides is 1. The molecule has 1 unspecified atom stereocenters. The van der Waals surface area contributed by atoms with E-state index in [1.165, 1.54) is 25.7 Å². The quantitative estimate of drug-likeness (QED) is 0.810. The van der Waals surface area contributed by atoms with Crippen LogP contribution >= 0.6 is 11.8 Å². The van der Waals surface area contributed by atoms with Crippen molar-refractivity contribution < 1.29 is 4.79 Å². The summed E-state index contributed by atoms with van der Waals surface area (Å²) in [5, 5.41) is 7.51. The number of rotatable bonds is 3. The highest BCUT2D eigenvalue weighted by Crippen LogP contribution is 2.27. The lowest BCUT2D eigenvalue weighted by atomic mass is 9.93. The van der Waals surface area contributed by atoms with Crippen LogP contribution in [0.3, 0.4) is 0 Å². The van der Waals surface area contributed by atoms with Gasteiger partial charge in [-0.3, -0.25) is 4.79 Å². The van der Waals surface area contributed by atoms with E-state index in [4.69, 9.17) is 0 Å². The summed E-state index contributed by atoms with van der Waals surface area (Å²) in [7, 11) is 0. The van der Waals surface area contributed by atoms with Gasteiger partial charge in [-0.05, 0) is 44.8 Å². The highest BCUT2D eigenvalue weighted by atomic mass is 32.2. The Morgan fingerprint density at radius 1 is 1.18 bits per heavy atom. The summed E-state index contributed by atoms with van der Waals surface area (Å²) in [6, 6.07) is 1.06. The molecule has 17 heavy (non-hydrogen) atoms. The molecule has 98 valence electrons. The van der Waals surface area contributed by atoms with Crippen LogP contribution in [0.1, 0.15) is 44.9 Å². The minimum Gasteiger partial charge on any atom is -0.356 e. The van der Waals surface area contributed by atoms with Gasteiger partial charge in [-0.25, -0.2) is 0 Å². The van der Waals surface area contributed by atoms with Crippen molar-refractivity contribution in [2.75, 3.05) is 12.8 Å². The summed E-state index contributed by atoms with van der Waals surface area (Å²) in [4.78, 5) is 11.5. The van der Waals surface area contributed by atoms with E-state index in [1.807, 2.05) is 11.8 Å². The highest BCUT2D eigenvalue weighted by molar-refractivity contribution is 7.99. The van der Waals surface area contributed by atoms with E-state index in [0.29, 0.717) is 18.5 Å². The number of carbonyl (C=O) groups excluding carboxylic acids is 1. The van der Waals surface area contributed by atoms with E-state index in [-0.39, 0.29) is 5.91 Å². The van der Waals surface area contributed by atoms with Crippen molar-refractivity contribution in [2.45, 2.75) is 62.3 Å². The van der Waals surface area contributed by atoms with E-state index < -0.39 is 0 Å². The van der Waals surface area contributed by atoms with Crippen molar-refractivity contribution >= 4 is 17.7 Å². The Morgan fingerprint density at radius 3 is 2.65 bits per heavy atom. The predicted octanol–water partition coefficient (Wildman–Crippen LogP) is 1.92. The summed E-state index contributed by atoms with van der Waals surface area (Å²) >= 11 is 2.01. The number of nitrogens with one attached hydrogen (secondary N) is 2. The monoisotopic (exact) mass is 256 g/mol. The summed E-state index contributed by atoms with van der Waals surface area (Å²) in [6.45, 7) is 0.857. The molecule has 1 saturated heterocycles.